The van der Waals surface area contributed by atoms with Crippen LogP contribution in [0.15, 0.2) is 5.10 Å². The maximum atomic E-state index is 5.50. The largest absolute Gasteiger partial charge is 0.384 e. The molecule has 0 saturated heterocycles. The Morgan fingerprint density at radius 2 is 2.22 bits per heavy atom. The molecule has 0 rings (SSSR count). The fourth-order valence-electron chi connectivity index (χ4n) is 0.555. The second-order valence-corrected chi connectivity index (χ2v) is 1.95. The molecule has 0 saturated carbocycles. The third-order valence-electron chi connectivity index (χ3n) is 1.13. The van der Waals surface area contributed by atoms with Crippen molar-refractivity contribution in [3.8, 4) is 0 Å². The zero-order chi connectivity index (χ0) is 7.28. The van der Waals surface area contributed by atoms with Crippen molar-refractivity contribution in [3.05, 3.63) is 0 Å². The van der Waals surface area contributed by atoms with Gasteiger partial charge in [0, 0.05) is 0 Å². The molecule has 0 heterocycles. The highest BCUT2D eigenvalue weighted by molar-refractivity contribution is 5.85. The van der Waals surface area contributed by atoms with E-state index < -0.39 is 0 Å². The summed E-state index contributed by atoms with van der Waals surface area (Å²) in [7, 11) is 0. The highest BCUT2D eigenvalue weighted by atomic mass is 15.2. The summed E-state index contributed by atoms with van der Waals surface area (Å²) in [6.07, 6.45) is 1.84. The summed E-state index contributed by atoms with van der Waals surface area (Å²) in [6.45, 7) is 2.03. The molecule has 0 aromatic heterocycles. The van der Waals surface area contributed by atoms with Gasteiger partial charge in [-0.25, -0.2) is 0 Å². The van der Waals surface area contributed by atoms with Gasteiger partial charge in [-0.1, -0.05) is 13.3 Å². The minimum atomic E-state index is -0.167. The molecule has 0 aliphatic heterocycles. The molecule has 54 valence electrons. The third-order valence-corrected chi connectivity index (χ3v) is 1.13. The van der Waals surface area contributed by atoms with E-state index in [1.165, 1.54) is 0 Å². The third kappa shape index (κ3) is 2.92. The number of nitrogens with zero attached hydrogens (tertiary/aromatic N) is 1. The van der Waals surface area contributed by atoms with Crippen LogP contribution in [0.3, 0.4) is 0 Å². The molecule has 6 N–H and O–H groups in total. The second kappa shape index (κ2) is 4.14. The van der Waals surface area contributed by atoms with E-state index in [0.29, 0.717) is 5.84 Å². The second-order valence-electron chi connectivity index (χ2n) is 1.95. The van der Waals surface area contributed by atoms with Gasteiger partial charge in [0.2, 0.25) is 0 Å². The van der Waals surface area contributed by atoms with Crippen LogP contribution in [-0.4, -0.2) is 11.9 Å². The molecule has 0 amide bonds. The van der Waals surface area contributed by atoms with E-state index in [1.807, 2.05) is 6.92 Å². The summed E-state index contributed by atoms with van der Waals surface area (Å²) in [5, 5.41) is 3.28. The standard InChI is InChI=1S/C5H14N4/c1-2-3-4(6)5(7)9-8/h4H,2-3,6,8H2,1H3,(H2,7,9). The van der Waals surface area contributed by atoms with Crippen LogP contribution in [0.1, 0.15) is 19.8 Å². The van der Waals surface area contributed by atoms with Crippen molar-refractivity contribution in [2.24, 2.45) is 22.4 Å². The van der Waals surface area contributed by atoms with E-state index in [9.17, 15) is 0 Å². The van der Waals surface area contributed by atoms with E-state index in [-0.39, 0.29) is 6.04 Å². The molecule has 4 nitrogen and oxygen atoms in total. The predicted molar refractivity (Wildman–Crippen MR) is 38.7 cm³/mol. The number of hydrogen-bond acceptors (Lipinski definition) is 3. The molecule has 0 spiro atoms. The minimum absolute atomic E-state index is 0.167. The first-order valence-corrected chi connectivity index (χ1v) is 3.01. The molecular formula is C5H14N4. The Morgan fingerprint density at radius 1 is 1.67 bits per heavy atom. The smallest absolute Gasteiger partial charge is 0.136 e. The molecule has 0 aliphatic rings. The Labute approximate surface area is 55.1 Å². The van der Waals surface area contributed by atoms with Crippen LogP contribution in [0.4, 0.5) is 0 Å². The SMILES string of the molecule is CCCC(N)/C(N)=N/N. The van der Waals surface area contributed by atoms with Crippen LogP contribution < -0.4 is 17.3 Å². The highest BCUT2D eigenvalue weighted by Gasteiger charge is 2.03. The molecule has 4 heteroatoms. The first kappa shape index (κ1) is 8.23. The van der Waals surface area contributed by atoms with Crippen molar-refractivity contribution >= 4 is 5.84 Å². The van der Waals surface area contributed by atoms with Crippen LogP contribution in [0.2, 0.25) is 0 Å². The molecular weight excluding hydrogens is 116 g/mol. The summed E-state index contributed by atoms with van der Waals surface area (Å²) in [5.41, 5.74) is 10.8. The summed E-state index contributed by atoms with van der Waals surface area (Å²) >= 11 is 0. The van der Waals surface area contributed by atoms with Crippen LogP contribution in [0, 0.1) is 0 Å². The molecule has 0 aromatic carbocycles. The molecule has 0 fully saturated rings. The number of nitrogens with two attached hydrogens (primary N) is 3. The Balaban J connectivity index is 3.59. The van der Waals surface area contributed by atoms with Gasteiger partial charge in [-0.3, -0.25) is 0 Å². The normalized spacial score (nSPS) is 15.6. The molecule has 0 aromatic rings. The molecule has 1 unspecified atom stereocenters. The zero-order valence-corrected chi connectivity index (χ0v) is 5.67. The Kier molecular flexibility index (Phi) is 3.79. The van der Waals surface area contributed by atoms with E-state index in [1.54, 1.807) is 0 Å². The lowest BCUT2D eigenvalue weighted by Crippen LogP contribution is -2.37. The van der Waals surface area contributed by atoms with Gasteiger partial charge >= 0.3 is 0 Å². The van der Waals surface area contributed by atoms with Gasteiger partial charge in [-0.2, -0.15) is 5.10 Å². The maximum Gasteiger partial charge on any atom is 0.136 e. The Hall–Kier alpha value is -0.770. The number of hydrogen-bond donors (Lipinski definition) is 3. The van der Waals surface area contributed by atoms with Crippen LogP contribution in [0.25, 0.3) is 0 Å². The lowest BCUT2D eigenvalue weighted by atomic mass is 10.2. The topological polar surface area (TPSA) is 90.4 Å². The van der Waals surface area contributed by atoms with Gasteiger partial charge in [0.25, 0.3) is 0 Å². The lowest BCUT2D eigenvalue weighted by Gasteiger charge is -2.06. The van der Waals surface area contributed by atoms with Crippen molar-refractivity contribution in [2.75, 3.05) is 0 Å². The molecule has 1 atom stereocenters. The Morgan fingerprint density at radius 3 is 2.56 bits per heavy atom. The van der Waals surface area contributed by atoms with Gasteiger partial charge in [0.05, 0.1) is 6.04 Å². The first-order valence-electron chi connectivity index (χ1n) is 3.01. The average Bonchev–Trinajstić information content (AvgIpc) is 1.87. The summed E-state index contributed by atoms with van der Waals surface area (Å²) in [6, 6.07) is -0.167. The van der Waals surface area contributed by atoms with E-state index in [2.05, 4.69) is 5.10 Å². The minimum Gasteiger partial charge on any atom is -0.384 e. The summed E-state index contributed by atoms with van der Waals surface area (Å²) in [5.74, 6) is 5.22. The summed E-state index contributed by atoms with van der Waals surface area (Å²) in [4.78, 5) is 0. The van der Waals surface area contributed by atoms with Crippen molar-refractivity contribution in [2.45, 2.75) is 25.8 Å². The van der Waals surface area contributed by atoms with Gasteiger partial charge in [-0.05, 0) is 6.42 Å². The molecule has 0 radical (unpaired) electrons. The predicted octanol–water partition coefficient (Wildman–Crippen LogP) is -0.655. The van der Waals surface area contributed by atoms with Gasteiger partial charge in [0.1, 0.15) is 5.84 Å². The van der Waals surface area contributed by atoms with E-state index in [4.69, 9.17) is 17.3 Å². The monoisotopic (exact) mass is 130 g/mol. The van der Waals surface area contributed by atoms with E-state index >= 15 is 0 Å². The fourth-order valence-corrected chi connectivity index (χ4v) is 0.555. The first-order chi connectivity index (χ1) is 4.22. The van der Waals surface area contributed by atoms with Gasteiger partial charge < -0.3 is 17.3 Å². The van der Waals surface area contributed by atoms with Crippen LogP contribution in [-0.2, 0) is 0 Å². The van der Waals surface area contributed by atoms with Crippen molar-refractivity contribution in [1.82, 2.24) is 0 Å². The van der Waals surface area contributed by atoms with Gasteiger partial charge in [-0.15, -0.1) is 0 Å². The van der Waals surface area contributed by atoms with Crippen LogP contribution >= 0.6 is 0 Å². The fraction of sp³-hybridized carbons (Fsp3) is 0.800. The van der Waals surface area contributed by atoms with E-state index in [0.717, 1.165) is 12.8 Å². The average molecular weight is 130 g/mol. The highest BCUT2D eigenvalue weighted by Crippen LogP contribution is 1.91. The Bertz CT molecular complexity index is 99.1. The van der Waals surface area contributed by atoms with Crippen LogP contribution in [0.5, 0.6) is 0 Å². The number of rotatable bonds is 3. The molecule has 9 heavy (non-hydrogen) atoms. The number of amidine groups is 1. The zero-order valence-electron chi connectivity index (χ0n) is 5.67. The number of hydrazone groups is 1. The summed E-state index contributed by atoms with van der Waals surface area (Å²) < 4.78 is 0. The quantitative estimate of drug-likeness (QED) is 0.205. The molecule has 0 aliphatic carbocycles. The van der Waals surface area contributed by atoms with Crippen molar-refractivity contribution in [1.29, 1.82) is 0 Å². The lowest BCUT2D eigenvalue weighted by molar-refractivity contribution is 0.724. The van der Waals surface area contributed by atoms with Crippen molar-refractivity contribution in [3.63, 3.8) is 0 Å². The molecule has 0 bridgehead atoms. The van der Waals surface area contributed by atoms with Crippen molar-refractivity contribution < 1.29 is 0 Å². The van der Waals surface area contributed by atoms with Gasteiger partial charge in [0.15, 0.2) is 0 Å². The maximum absolute atomic E-state index is 5.50.